The third kappa shape index (κ3) is 6.47. The predicted octanol–water partition coefficient (Wildman–Crippen LogP) is 6.47. The molecule has 2 N–H and O–H groups in total. The fourth-order valence-corrected chi connectivity index (χ4v) is 3.89. The Kier molecular flexibility index (Phi) is 7.76. The molecule has 1 heterocycles. The van der Waals surface area contributed by atoms with E-state index in [1.807, 2.05) is 0 Å². The van der Waals surface area contributed by atoms with Crippen molar-refractivity contribution in [2.75, 3.05) is 0 Å². The van der Waals surface area contributed by atoms with Gasteiger partial charge in [0.25, 0.3) is 0 Å². The van der Waals surface area contributed by atoms with E-state index in [-0.39, 0.29) is 17.5 Å². The summed E-state index contributed by atoms with van der Waals surface area (Å²) in [5.41, 5.74) is 3.91. The number of aliphatic imine (C=N–C) groups is 1. The van der Waals surface area contributed by atoms with Gasteiger partial charge in [-0.3, -0.25) is 4.99 Å². The zero-order valence-electron chi connectivity index (χ0n) is 19.0. The van der Waals surface area contributed by atoms with Crippen LogP contribution in [0.25, 0.3) is 0 Å². The number of rotatable bonds is 5. The molecular formula is C27H27F3N2O2. The highest BCUT2D eigenvalue weighted by atomic mass is 19.4. The van der Waals surface area contributed by atoms with E-state index in [1.165, 1.54) is 16.7 Å². The van der Waals surface area contributed by atoms with Gasteiger partial charge in [-0.25, -0.2) is 4.79 Å². The number of halogens is 3. The second-order valence-corrected chi connectivity index (χ2v) is 8.69. The van der Waals surface area contributed by atoms with Crippen LogP contribution in [0.2, 0.25) is 0 Å². The van der Waals surface area contributed by atoms with E-state index in [9.17, 15) is 13.2 Å². The van der Waals surface area contributed by atoms with Gasteiger partial charge < -0.3 is 10.4 Å². The number of carboxylic acids is 1. The Labute approximate surface area is 197 Å². The zero-order valence-corrected chi connectivity index (χ0v) is 19.0. The molecule has 1 aliphatic heterocycles. The van der Waals surface area contributed by atoms with Crippen molar-refractivity contribution in [2.45, 2.75) is 43.9 Å². The first-order chi connectivity index (χ1) is 16.1. The Morgan fingerprint density at radius 2 is 1.29 bits per heavy atom. The SMILES string of the molecule is CC(C)(CC1=NC(c2ccccc2)C(c2ccccc2)N1)c1ccccc1.O=C(O)C(F)(F)F. The molecule has 1 aliphatic rings. The summed E-state index contributed by atoms with van der Waals surface area (Å²) in [7, 11) is 0. The van der Waals surface area contributed by atoms with Crippen LogP contribution in [-0.4, -0.2) is 23.1 Å². The quantitative estimate of drug-likeness (QED) is 0.451. The van der Waals surface area contributed by atoms with Gasteiger partial charge in [0.05, 0.1) is 11.9 Å². The Balaban J connectivity index is 0.000000406. The maximum Gasteiger partial charge on any atom is 0.490 e. The molecule has 0 amide bonds. The molecule has 3 aromatic rings. The van der Waals surface area contributed by atoms with Crippen molar-refractivity contribution >= 4 is 11.8 Å². The van der Waals surface area contributed by atoms with Crippen molar-refractivity contribution in [2.24, 2.45) is 4.99 Å². The minimum atomic E-state index is -5.08. The molecule has 0 saturated heterocycles. The number of alkyl halides is 3. The van der Waals surface area contributed by atoms with E-state index in [1.54, 1.807) is 0 Å². The fourth-order valence-electron chi connectivity index (χ4n) is 3.89. The van der Waals surface area contributed by atoms with E-state index >= 15 is 0 Å². The van der Waals surface area contributed by atoms with Gasteiger partial charge in [-0.15, -0.1) is 0 Å². The number of amidine groups is 1. The van der Waals surface area contributed by atoms with E-state index in [4.69, 9.17) is 14.9 Å². The monoisotopic (exact) mass is 468 g/mol. The number of nitrogens with zero attached hydrogens (tertiary/aromatic N) is 1. The molecule has 0 fully saturated rings. The third-order valence-corrected chi connectivity index (χ3v) is 5.64. The summed E-state index contributed by atoms with van der Waals surface area (Å²) in [6.07, 6.45) is -4.19. The Bertz CT molecular complexity index is 1100. The summed E-state index contributed by atoms with van der Waals surface area (Å²) in [6.45, 7) is 4.58. The van der Waals surface area contributed by atoms with Gasteiger partial charge >= 0.3 is 12.1 Å². The van der Waals surface area contributed by atoms with Gasteiger partial charge in [-0.2, -0.15) is 13.2 Å². The molecule has 0 aromatic heterocycles. The topological polar surface area (TPSA) is 61.7 Å². The molecule has 0 bridgehead atoms. The van der Waals surface area contributed by atoms with Crippen LogP contribution in [0.5, 0.6) is 0 Å². The van der Waals surface area contributed by atoms with E-state index in [2.05, 4.69) is 110 Å². The Morgan fingerprint density at radius 3 is 1.76 bits per heavy atom. The average Bonchev–Trinajstić information content (AvgIpc) is 3.24. The minimum Gasteiger partial charge on any atom is -0.475 e. The van der Waals surface area contributed by atoms with Gasteiger partial charge in [0, 0.05) is 6.42 Å². The molecule has 178 valence electrons. The first kappa shape index (κ1) is 25.0. The van der Waals surface area contributed by atoms with Gasteiger partial charge in [0.2, 0.25) is 0 Å². The number of hydrogen-bond donors (Lipinski definition) is 2. The smallest absolute Gasteiger partial charge is 0.475 e. The Morgan fingerprint density at radius 1 is 0.853 bits per heavy atom. The molecule has 0 aliphatic carbocycles. The number of hydrogen-bond acceptors (Lipinski definition) is 3. The summed E-state index contributed by atoms with van der Waals surface area (Å²) in [5.74, 6) is -1.67. The van der Waals surface area contributed by atoms with Crippen molar-refractivity contribution in [3.8, 4) is 0 Å². The number of carboxylic acid groups (broad SMARTS) is 1. The molecule has 0 radical (unpaired) electrons. The number of carbonyl (C=O) groups is 1. The molecule has 34 heavy (non-hydrogen) atoms. The first-order valence-electron chi connectivity index (χ1n) is 10.9. The standard InChI is InChI=1S/C25H26N2.C2HF3O2/c1-25(2,21-16-10-5-11-17-21)18-22-26-23(19-12-6-3-7-13-19)24(27-22)20-14-8-4-9-15-20;3-2(4,5)1(6)7/h3-17,23-24H,18H2,1-2H3,(H,26,27);(H,6,7). The first-order valence-corrected chi connectivity index (χ1v) is 10.9. The van der Waals surface area contributed by atoms with E-state index < -0.39 is 12.1 Å². The lowest BCUT2D eigenvalue weighted by Gasteiger charge is -2.26. The van der Waals surface area contributed by atoms with Gasteiger partial charge in [-0.05, 0) is 22.1 Å². The second-order valence-electron chi connectivity index (χ2n) is 8.69. The maximum atomic E-state index is 10.6. The highest BCUT2D eigenvalue weighted by Crippen LogP contribution is 2.38. The van der Waals surface area contributed by atoms with Crippen molar-refractivity contribution in [1.29, 1.82) is 0 Å². The molecule has 7 heteroatoms. The van der Waals surface area contributed by atoms with Crippen LogP contribution < -0.4 is 5.32 Å². The highest BCUT2D eigenvalue weighted by Gasteiger charge is 2.38. The molecule has 0 spiro atoms. The molecule has 3 aromatic carbocycles. The molecule has 2 unspecified atom stereocenters. The van der Waals surface area contributed by atoms with Crippen molar-refractivity contribution in [3.63, 3.8) is 0 Å². The van der Waals surface area contributed by atoms with Crippen LogP contribution in [0.3, 0.4) is 0 Å². The van der Waals surface area contributed by atoms with Gasteiger partial charge in [-0.1, -0.05) is 105 Å². The largest absolute Gasteiger partial charge is 0.490 e. The third-order valence-electron chi connectivity index (χ3n) is 5.64. The summed E-state index contributed by atoms with van der Waals surface area (Å²) >= 11 is 0. The molecule has 0 saturated carbocycles. The molecule has 4 rings (SSSR count). The summed E-state index contributed by atoms with van der Waals surface area (Å²) in [5, 5.41) is 10.9. The van der Waals surface area contributed by atoms with Crippen molar-refractivity contribution < 1.29 is 23.1 Å². The van der Waals surface area contributed by atoms with Crippen LogP contribution in [0.15, 0.2) is 96.0 Å². The van der Waals surface area contributed by atoms with Gasteiger partial charge in [0.1, 0.15) is 6.04 Å². The van der Waals surface area contributed by atoms with Crippen molar-refractivity contribution in [1.82, 2.24) is 5.32 Å². The summed E-state index contributed by atoms with van der Waals surface area (Å²) < 4.78 is 31.7. The fraction of sp³-hybridized carbons (Fsp3) is 0.259. The second kappa shape index (κ2) is 10.5. The van der Waals surface area contributed by atoms with Crippen molar-refractivity contribution in [3.05, 3.63) is 108 Å². The van der Waals surface area contributed by atoms with Gasteiger partial charge in [0.15, 0.2) is 0 Å². The van der Waals surface area contributed by atoms with E-state index in [0.29, 0.717) is 0 Å². The molecule has 2 atom stereocenters. The maximum absolute atomic E-state index is 10.6. The molecular weight excluding hydrogens is 441 g/mol. The van der Waals surface area contributed by atoms with Crippen LogP contribution in [0, 0.1) is 0 Å². The summed E-state index contributed by atoms with van der Waals surface area (Å²) in [4.78, 5) is 14.0. The summed E-state index contributed by atoms with van der Waals surface area (Å²) in [6, 6.07) is 32.2. The molecule has 4 nitrogen and oxygen atoms in total. The number of aliphatic carboxylic acids is 1. The lowest BCUT2D eigenvalue weighted by atomic mass is 9.81. The van der Waals surface area contributed by atoms with Crippen LogP contribution in [0.1, 0.15) is 49.0 Å². The highest BCUT2D eigenvalue weighted by molar-refractivity contribution is 5.86. The van der Waals surface area contributed by atoms with Crippen LogP contribution >= 0.6 is 0 Å². The lowest BCUT2D eigenvalue weighted by molar-refractivity contribution is -0.192. The normalized spacial score (nSPS) is 17.7. The number of benzene rings is 3. The lowest BCUT2D eigenvalue weighted by Crippen LogP contribution is -2.30. The van der Waals surface area contributed by atoms with E-state index in [0.717, 1.165) is 12.3 Å². The zero-order chi connectivity index (χ0) is 24.8. The predicted molar refractivity (Wildman–Crippen MR) is 127 cm³/mol. The number of nitrogens with one attached hydrogen (secondary N) is 1. The Hall–Kier alpha value is -3.61. The minimum absolute atomic E-state index is 0.0277. The van der Waals surface area contributed by atoms with Crippen LogP contribution in [-0.2, 0) is 10.2 Å². The van der Waals surface area contributed by atoms with Crippen LogP contribution in [0.4, 0.5) is 13.2 Å². The average molecular weight is 469 g/mol.